The SMILES string of the molecule is CCc1nn(C)c(CNCc2nc(C)c(C)o2)c1Br. The molecule has 0 radical (unpaired) electrons. The predicted octanol–water partition coefficient (Wildman–Crippen LogP) is 2.64. The van der Waals surface area contributed by atoms with E-state index in [0.717, 1.165) is 46.2 Å². The van der Waals surface area contributed by atoms with Crippen LogP contribution in [0.3, 0.4) is 0 Å². The number of halogens is 1. The summed E-state index contributed by atoms with van der Waals surface area (Å²) in [5.41, 5.74) is 3.17. The van der Waals surface area contributed by atoms with Gasteiger partial charge in [-0.05, 0) is 36.2 Å². The summed E-state index contributed by atoms with van der Waals surface area (Å²) in [6, 6.07) is 0. The fraction of sp³-hybridized carbons (Fsp3) is 0.538. The maximum atomic E-state index is 5.53. The molecule has 0 atom stereocenters. The minimum Gasteiger partial charge on any atom is -0.444 e. The number of hydrogen-bond donors (Lipinski definition) is 1. The molecule has 5 nitrogen and oxygen atoms in total. The highest BCUT2D eigenvalue weighted by atomic mass is 79.9. The Morgan fingerprint density at radius 2 is 2.05 bits per heavy atom. The molecule has 0 aromatic carbocycles. The third kappa shape index (κ3) is 3.06. The molecule has 2 aromatic heterocycles. The number of oxazole rings is 1. The van der Waals surface area contributed by atoms with Gasteiger partial charge in [-0.25, -0.2) is 4.98 Å². The van der Waals surface area contributed by atoms with E-state index in [9.17, 15) is 0 Å². The van der Waals surface area contributed by atoms with Gasteiger partial charge >= 0.3 is 0 Å². The predicted molar refractivity (Wildman–Crippen MR) is 76.8 cm³/mol. The highest BCUT2D eigenvalue weighted by Crippen LogP contribution is 2.21. The molecule has 0 bridgehead atoms. The second-order valence-electron chi connectivity index (χ2n) is 4.54. The van der Waals surface area contributed by atoms with Gasteiger partial charge in [-0.15, -0.1) is 0 Å². The molecule has 0 unspecified atom stereocenters. The van der Waals surface area contributed by atoms with Gasteiger partial charge in [0, 0.05) is 13.6 Å². The zero-order valence-electron chi connectivity index (χ0n) is 11.7. The largest absolute Gasteiger partial charge is 0.444 e. The van der Waals surface area contributed by atoms with E-state index in [1.54, 1.807) is 0 Å². The van der Waals surface area contributed by atoms with Gasteiger partial charge in [0.25, 0.3) is 0 Å². The molecular weight excluding hydrogens is 308 g/mol. The molecule has 2 heterocycles. The molecule has 1 N–H and O–H groups in total. The number of rotatable bonds is 5. The van der Waals surface area contributed by atoms with Crippen molar-refractivity contribution in [3.8, 4) is 0 Å². The summed E-state index contributed by atoms with van der Waals surface area (Å²) in [6.07, 6.45) is 0.923. The van der Waals surface area contributed by atoms with E-state index in [0.29, 0.717) is 6.54 Å². The monoisotopic (exact) mass is 326 g/mol. The van der Waals surface area contributed by atoms with E-state index >= 15 is 0 Å². The van der Waals surface area contributed by atoms with Crippen LogP contribution in [0.2, 0.25) is 0 Å². The Morgan fingerprint density at radius 1 is 1.32 bits per heavy atom. The molecule has 0 aliphatic rings. The first-order valence-corrected chi connectivity index (χ1v) is 7.16. The van der Waals surface area contributed by atoms with Gasteiger partial charge in [0.05, 0.1) is 28.1 Å². The van der Waals surface area contributed by atoms with Crippen LogP contribution in [0.5, 0.6) is 0 Å². The van der Waals surface area contributed by atoms with Gasteiger partial charge in [0.2, 0.25) is 5.89 Å². The number of hydrogen-bond acceptors (Lipinski definition) is 4. The first kappa shape index (κ1) is 14.3. The van der Waals surface area contributed by atoms with Gasteiger partial charge in [0.1, 0.15) is 5.76 Å². The zero-order valence-corrected chi connectivity index (χ0v) is 13.3. The number of aromatic nitrogens is 3. The molecule has 0 spiro atoms. The molecule has 19 heavy (non-hydrogen) atoms. The Kier molecular flexibility index (Phi) is 4.42. The van der Waals surface area contributed by atoms with Crippen LogP contribution in [0, 0.1) is 13.8 Å². The molecule has 0 aliphatic heterocycles. The summed E-state index contributed by atoms with van der Waals surface area (Å²) in [7, 11) is 1.96. The molecule has 104 valence electrons. The second-order valence-corrected chi connectivity index (χ2v) is 5.33. The molecule has 0 amide bonds. The summed E-state index contributed by atoms with van der Waals surface area (Å²) >= 11 is 3.60. The summed E-state index contributed by atoms with van der Waals surface area (Å²) in [5, 5.41) is 7.79. The summed E-state index contributed by atoms with van der Waals surface area (Å²) in [6.45, 7) is 7.32. The van der Waals surface area contributed by atoms with E-state index in [4.69, 9.17) is 4.42 Å². The molecule has 0 saturated heterocycles. The van der Waals surface area contributed by atoms with Crippen molar-refractivity contribution in [2.75, 3.05) is 0 Å². The minimum atomic E-state index is 0.619. The lowest BCUT2D eigenvalue weighted by Gasteiger charge is -2.03. The molecule has 0 saturated carbocycles. The maximum Gasteiger partial charge on any atom is 0.208 e. The highest BCUT2D eigenvalue weighted by molar-refractivity contribution is 9.10. The topological polar surface area (TPSA) is 55.9 Å². The van der Waals surface area contributed by atoms with Crippen molar-refractivity contribution in [2.45, 2.75) is 40.3 Å². The van der Waals surface area contributed by atoms with Crippen molar-refractivity contribution >= 4 is 15.9 Å². The standard InChI is InChI=1S/C13H19BrN4O/c1-5-10-13(14)11(18(4)17-10)6-15-7-12-16-8(2)9(3)19-12/h15H,5-7H2,1-4H3. The van der Waals surface area contributed by atoms with Crippen molar-refractivity contribution in [2.24, 2.45) is 7.05 Å². The van der Waals surface area contributed by atoms with Crippen molar-refractivity contribution < 1.29 is 4.42 Å². The Morgan fingerprint density at radius 3 is 2.58 bits per heavy atom. The van der Waals surface area contributed by atoms with Gasteiger partial charge in [0.15, 0.2) is 0 Å². The molecule has 0 fully saturated rings. The van der Waals surface area contributed by atoms with E-state index in [-0.39, 0.29) is 0 Å². The van der Waals surface area contributed by atoms with Gasteiger partial charge in [-0.3, -0.25) is 4.68 Å². The average molecular weight is 327 g/mol. The van der Waals surface area contributed by atoms with Crippen molar-refractivity contribution in [1.29, 1.82) is 0 Å². The maximum absolute atomic E-state index is 5.53. The van der Waals surface area contributed by atoms with Crippen LogP contribution >= 0.6 is 15.9 Å². The quantitative estimate of drug-likeness (QED) is 0.917. The van der Waals surface area contributed by atoms with Crippen LogP contribution in [0.15, 0.2) is 8.89 Å². The molecule has 0 aliphatic carbocycles. The highest BCUT2D eigenvalue weighted by Gasteiger charge is 2.12. The smallest absolute Gasteiger partial charge is 0.208 e. The van der Waals surface area contributed by atoms with Crippen molar-refractivity contribution in [1.82, 2.24) is 20.1 Å². The minimum absolute atomic E-state index is 0.619. The lowest BCUT2D eigenvalue weighted by Crippen LogP contribution is -2.15. The van der Waals surface area contributed by atoms with Crippen LogP contribution in [0.4, 0.5) is 0 Å². The number of nitrogens with one attached hydrogen (secondary N) is 1. The van der Waals surface area contributed by atoms with E-state index in [1.165, 1.54) is 0 Å². The Labute approximate surface area is 121 Å². The summed E-state index contributed by atoms with van der Waals surface area (Å²) < 4.78 is 8.52. The van der Waals surface area contributed by atoms with Crippen LogP contribution in [0.1, 0.15) is 35.7 Å². The Hall–Kier alpha value is -1.14. The molecule has 2 aromatic rings. The third-order valence-corrected chi connectivity index (χ3v) is 4.06. The number of nitrogens with zero attached hydrogens (tertiary/aromatic N) is 3. The summed E-state index contributed by atoms with van der Waals surface area (Å²) in [5.74, 6) is 1.61. The Balaban J connectivity index is 1.97. The van der Waals surface area contributed by atoms with E-state index < -0.39 is 0 Å². The second kappa shape index (κ2) is 5.88. The fourth-order valence-electron chi connectivity index (χ4n) is 1.91. The molecular formula is C13H19BrN4O. The van der Waals surface area contributed by atoms with Crippen LogP contribution in [-0.4, -0.2) is 14.8 Å². The molecule has 2 rings (SSSR count). The Bertz CT molecular complexity index is 554. The third-order valence-electron chi connectivity index (χ3n) is 3.14. The van der Waals surface area contributed by atoms with Crippen LogP contribution < -0.4 is 5.32 Å². The first-order chi connectivity index (χ1) is 9.02. The normalized spacial score (nSPS) is 11.2. The van der Waals surface area contributed by atoms with Crippen LogP contribution in [0.25, 0.3) is 0 Å². The fourth-order valence-corrected chi connectivity index (χ4v) is 2.67. The van der Waals surface area contributed by atoms with Crippen molar-refractivity contribution in [3.63, 3.8) is 0 Å². The lowest BCUT2D eigenvalue weighted by molar-refractivity contribution is 0.446. The van der Waals surface area contributed by atoms with E-state index in [1.807, 2.05) is 25.6 Å². The lowest BCUT2D eigenvalue weighted by atomic mass is 10.3. The first-order valence-electron chi connectivity index (χ1n) is 6.36. The van der Waals surface area contributed by atoms with Gasteiger partial charge in [-0.2, -0.15) is 5.10 Å². The molecule has 6 heteroatoms. The van der Waals surface area contributed by atoms with Gasteiger partial charge in [-0.1, -0.05) is 6.92 Å². The zero-order chi connectivity index (χ0) is 14.0. The average Bonchev–Trinajstić information content (AvgIpc) is 2.83. The van der Waals surface area contributed by atoms with Gasteiger partial charge < -0.3 is 9.73 Å². The van der Waals surface area contributed by atoms with Crippen LogP contribution in [-0.2, 0) is 26.6 Å². The number of aryl methyl sites for hydroxylation is 4. The van der Waals surface area contributed by atoms with E-state index in [2.05, 4.69) is 38.3 Å². The van der Waals surface area contributed by atoms with Crippen molar-refractivity contribution in [3.05, 3.63) is 33.2 Å². The summed E-state index contributed by atoms with van der Waals surface area (Å²) in [4.78, 5) is 4.34.